The van der Waals surface area contributed by atoms with Crippen LogP contribution in [0.1, 0.15) is 13.8 Å². The highest BCUT2D eigenvalue weighted by atomic mass is 32.2. The summed E-state index contributed by atoms with van der Waals surface area (Å²) in [6.45, 7) is 4.47. The van der Waals surface area contributed by atoms with E-state index in [-0.39, 0.29) is 30.7 Å². The molecule has 152 valence electrons. The minimum absolute atomic E-state index is 0.129. The minimum Gasteiger partial charge on any atom is -0.494 e. The number of nitrogens with zero attached hydrogens (tertiary/aromatic N) is 1. The van der Waals surface area contributed by atoms with Gasteiger partial charge in [0.2, 0.25) is 10.0 Å². The lowest BCUT2D eigenvalue weighted by Gasteiger charge is -2.36. The number of rotatable bonds is 7. The summed E-state index contributed by atoms with van der Waals surface area (Å²) in [6, 6.07) is 13.2. The zero-order chi connectivity index (χ0) is 20.1. The Morgan fingerprint density at radius 2 is 1.64 bits per heavy atom. The van der Waals surface area contributed by atoms with Crippen molar-refractivity contribution < 1.29 is 27.7 Å². The summed E-state index contributed by atoms with van der Waals surface area (Å²) in [6.07, 6.45) is -0.506. The van der Waals surface area contributed by atoms with Crippen LogP contribution in [0.4, 0.5) is 0 Å². The maximum Gasteiger partial charge on any atom is 0.243 e. The summed E-state index contributed by atoms with van der Waals surface area (Å²) in [7, 11) is -3.69. The summed E-state index contributed by atoms with van der Waals surface area (Å²) in [5.74, 6) is 1.93. The van der Waals surface area contributed by atoms with Crippen molar-refractivity contribution in [2.45, 2.75) is 30.9 Å². The molecule has 1 aliphatic heterocycles. The molecule has 2 aromatic carbocycles. The molecule has 8 heteroatoms. The molecule has 2 aromatic rings. The van der Waals surface area contributed by atoms with Gasteiger partial charge < -0.3 is 19.3 Å². The molecule has 2 atom stereocenters. The molecule has 0 saturated carbocycles. The average Bonchev–Trinajstić information content (AvgIpc) is 2.70. The van der Waals surface area contributed by atoms with E-state index in [4.69, 9.17) is 14.2 Å². The Kier molecular flexibility index (Phi) is 6.56. The molecule has 3 rings (SSSR count). The van der Waals surface area contributed by atoms with Gasteiger partial charge in [-0.1, -0.05) is 0 Å². The van der Waals surface area contributed by atoms with Gasteiger partial charge in [-0.15, -0.1) is 0 Å². The minimum atomic E-state index is -3.69. The van der Waals surface area contributed by atoms with Gasteiger partial charge in [-0.05, 0) is 62.4 Å². The third kappa shape index (κ3) is 4.64. The van der Waals surface area contributed by atoms with E-state index in [1.165, 1.54) is 16.4 Å². The molecule has 28 heavy (non-hydrogen) atoms. The Bertz CT molecular complexity index is 867. The molecule has 1 N–H and O–H groups in total. The van der Waals surface area contributed by atoms with Crippen LogP contribution >= 0.6 is 0 Å². The highest BCUT2D eigenvalue weighted by molar-refractivity contribution is 7.89. The lowest BCUT2D eigenvalue weighted by atomic mass is 10.2. The number of aliphatic hydroxyl groups is 1. The lowest BCUT2D eigenvalue weighted by Crippen LogP contribution is -2.51. The molecule has 0 unspecified atom stereocenters. The molecular weight excluding hydrogens is 382 g/mol. The fourth-order valence-corrected chi connectivity index (χ4v) is 4.61. The van der Waals surface area contributed by atoms with Crippen LogP contribution in [-0.4, -0.2) is 56.3 Å². The van der Waals surface area contributed by atoms with Gasteiger partial charge >= 0.3 is 0 Å². The Morgan fingerprint density at radius 1 is 1.07 bits per heavy atom. The summed E-state index contributed by atoms with van der Waals surface area (Å²) in [4.78, 5) is 0.178. The monoisotopic (exact) mass is 407 g/mol. The van der Waals surface area contributed by atoms with E-state index in [2.05, 4.69) is 0 Å². The first kappa shape index (κ1) is 20.6. The zero-order valence-electron chi connectivity index (χ0n) is 15.9. The Hall–Kier alpha value is -2.13. The first-order valence-corrected chi connectivity index (χ1v) is 10.6. The van der Waals surface area contributed by atoms with Crippen LogP contribution in [0.2, 0.25) is 0 Å². The topological polar surface area (TPSA) is 85.3 Å². The SMILES string of the molecule is CCOc1ccc(Oc2ccc(S(=O)(=O)N3C[C@@H](CO)OC[C@@H]3C)cc2)cc1. The highest BCUT2D eigenvalue weighted by Gasteiger charge is 2.35. The number of sulfonamides is 1. The summed E-state index contributed by atoms with van der Waals surface area (Å²) < 4.78 is 43.9. The van der Waals surface area contributed by atoms with Crippen LogP contribution in [0.25, 0.3) is 0 Å². The van der Waals surface area contributed by atoms with Crippen molar-refractivity contribution in [1.82, 2.24) is 4.31 Å². The summed E-state index contributed by atoms with van der Waals surface area (Å²) >= 11 is 0. The molecular formula is C20H25NO6S. The largest absolute Gasteiger partial charge is 0.494 e. The van der Waals surface area contributed by atoms with Crippen LogP contribution < -0.4 is 9.47 Å². The van der Waals surface area contributed by atoms with Gasteiger partial charge in [0.05, 0.1) is 30.8 Å². The smallest absolute Gasteiger partial charge is 0.243 e. The van der Waals surface area contributed by atoms with E-state index in [9.17, 15) is 13.5 Å². The second-order valence-corrected chi connectivity index (χ2v) is 8.43. The summed E-state index contributed by atoms with van der Waals surface area (Å²) in [5, 5.41) is 9.28. The maximum atomic E-state index is 13.0. The van der Waals surface area contributed by atoms with Crippen molar-refractivity contribution in [2.24, 2.45) is 0 Å². The summed E-state index contributed by atoms with van der Waals surface area (Å²) in [5.41, 5.74) is 0. The lowest BCUT2D eigenvalue weighted by molar-refractivity contribution is -0.0516. The van der Waals surface area contributed by atoms with Crippen molar-refractivity contribution >= 4 is 10.0 Å². The van der Waals surface area contributed by atoms with Gasteiger partial charge in [0.15, 0.2) is 0 Å². The Morgan fingerprint density at radius 3 is 2.21 bits per heavy atom. The van der Waals surface area contributed by atoms with Gasteiger partial charge in [0.25, 0.3) is 0 Å². The first-order chi connectivity index (χ1) is 13.4. The molecule has 0 bridgehead atoms. The average molecular weight is 407 g/mol. The van der Waals surface area contributed by atoms with Crippen molar-refractivity contribution in [2.75, 3.05) is 26.4 Å². The number of ether oxygens (including phenoxy) is 3. The maximum absolute atomic E-state index is 13.0. The molecule has 0 aromatic heterocycles. The van der Waals surface area contributed by atoms with Crippen molar-refractivity contribution in [3.05, 3.63) is 48.5 Å². The Labute approximate surface area is 165 Å². The van der Waals surface area contributed by atoms with Crippen LogP contribution in [-0.2, 0) is 14.8 Å². The van der Waals surface area contributed by atoms with Gasteiger partial charge in [-0.2, -0.15) is 4.31 Å². The molecule has 7 nitrogen and oxygen atoms in total. The predicted molar refractivity (Wildman–Crippen MR) is 104 cm³/mol. The number of hydrogen-bond acceptors (Lipinski definition) is 6. The molecule has 0 amide bonds. The van der Waals surface area contributed by atoms with Gasteiger partial charge in [0, 0.05) is 12.6 Å². The third-order valence-corrected chi connectivity index (χ3v) is 6.45. The second-order valence-electron chi connectivity index (χ2n) is 6.54. The number of hydrogen-bond donors (Lipinski definition) is 1. The third-order valence-electron chi connectivity index (χ3n) is 4.45. The molecule has 1 heterocycles. The van der Waals surface area contributed by atoms with E-state index >= 15 is 0 Å². The van der Waals surface area contributed by atoms with Crippen LogP contribution in [0.3, 0.4) is 0 Å². The number of benzene rings is 2. The highest BCUT2D eigenvalue weighted by Crippen LogP contribution is 2.27. The van der Waals surface area contributed by atoms with E-state index in [1.807, 2.05) is 19.1 Å². The van der Waals surface area contributed by atoms with Gasteiger partial charge in [0.1, 0.15) is 17.2 Å². The van der Waals surface area contributed by atoms with Crippen LogP contribution in [0.15, 0.2) is 53.4 Å². The quantitative estimate of drug-likeness (QED) is 0.760. The van der Waals surface area contributed by atoms with Crippen LogP contribution in [0.5, 0.6) is 17.2 Å². The normalized spacial score (nSPS) is 20.7. The van der Waals surface area contributed by atoms with Crippen molar-refractivity contribution in [3.8, 4) is 17.2 Å². The van der Waals surface area contributed by atoms with Crippen molar-refractivity contribution in [3.63, 3.8) is 0 Å². The molecule has 0 spiro atoms. The van der Waals surface area contributed by atoms with Crippen molar-refractivity contribution in [1.29, 1.82) is 0 Å². The fraction of sp³-hybridized carbons (Fsp3) is 0.400. The standard InChI is InChI=1S/C20H25NO6S/c1-3-25-16-4-6-17(7-5-16)27-18-8-10-20(11-9-18)28(23,24)21-12-19(13-22)26-14-15(21)2/h4-11,15,19,22H,3,12-14H2,1-2H3/t15-,19-/m0/s1. The van der Waals surface area contributed by atoms with Gasteiger partial charge in [-0.25, -0.2) is 8.42 Å². The number of aliphatic hydroxyl groups excluding tert-OH is 1. The van der Waals surface area contributed by atoms with Crippen LogP contribution in [0, 0.1) is 0 Å². The molecule has 0 aliphatic carbocycles. The molecule has 0 radical (unpaired) electrons. The zero-order valence-corrected chi connectivity index (χ0v) is 16.8. The molecule has 1 fully saturated rings. The second kappa shape index (κ2) is 8.91. The number of morpholine rings is 1. The van der Waals surface area contributed by atoms with E-state index in [0.29, 0.717) is 18.1 Å². The van der Waals surface area contributed by atoms with Gasteiger partial charge in [-0.3, -0.25) is 0 Å². The fourth-order valence-electron chi connectivity index (χ4n) is 2.96. The molecule has 1 aliphatic rings. The van der Waals surface area contributed by atoms with E-state index < -0.39 is 16.1 Å². The first-order valence-electron chi connectivity index (χ1n) is 9.19. The predicted octanol–water partition coefficient (Wildman–Crippen LogP) is 2.65. The molecule has 1 saturated heterocycles. The van der Waals surface area contributed by atoms with E-state index in [0.717, 1.165) is 5.75 Å². The van der Waals surface area contributed by atoms with E-state index in [1.54, 1.807) is 31.2 Å². The Balaban J connectivity index is 1.72.